The number of aliphatic hydroxyl groups excluding tert-OH is 1. The van der Waals surface area contributed by atoms with Gasteiger partial charge in [0, 0.05) is 36.1 Å². The zero-order valence-corrected chi connectivity index (χ0v) is 21.4. The topological polar surface area (TPSA) is 62.2 Å². The maximum Gasteiger partial charge on any atom is 0.165 e. The van der Waals surface area contributed by atoms with Crippen molar-refractivity contribution in [1.82, 2.24) is 4.90 Å². The van der Waals surface area contributed by atoms with Crippen LogP contribution in [0.1, 0.15) is 55.4 Å². The van der Waals surface area contributed by atoms with Gasteiger partial charge in [-0.2, -0.15) is 0 Å². The predicted octanol–water partition coefficient (Wildman–Crippen LogP) is 4.66. The van der Waals surface area contributed by atoms with Crippen LogP contribution in [0.4, 0.5) is 4.39 Å². The lowest BCUT2D eigenvalue weighted by atomic mass is 9.33. The Kier molecular flexibility index (Phi) is 4.24. The summed E-state index contributed by atoms with van der Waals surface area (Å²) in [4.78, 5) is 2.72. The fourth-order valence-corrected chi connectivity index (χ4v) is 9.55. The average molecular weight is 504 g/mol. The molecule has 2 aromatic carbocycles. The Morgan fingerprint density at radius 2 is 1.95 bits per heavy atom. The number of methoxy groups -OCH3 is 1. The molecule has 2 aromatic rings. The molecule has 37 heavy (non-hydrogen) atoms. The van der Waals surface area contributed by atoms with Gasteiger partial charge in [-0.3, -0.25) is 4.90 Å². The lowest BCUT2D eigenvalue weighted by Crippen LogP contribution is -2.81. The summed E-state index contributed by atoms with van der Waals surface area (Å²) in [5.74, 6) is 1.25. The summed E-state index contributed by atoms with van der Waals surface area (Å²) in [5, 5.41) is 23.1. The minimum Gasteiger partial charge on any atom is -0.504 e. The van der Waals surface area contributed by atoms with Crippen LogP contribution in [0.3, 0.4) is 0 Å². The highest BCUT2D eigenvalue weighted by atomic mass is 19.1. The Bertz CT molecular complexity index is 1340. The summed E-state index contributed by atoms with van der Waals surface area (Å²) in [6.07, 6.45) is 8.50. The average Bonchev–Trinajstić information content (AvgIpc) is 3.64. The smallest absolute Gasteiger partial charge is 0.165 e. The number of hydrogen-bond acceptors (Lipinski definition) is 5. The molecule has 5 aliphatic carbocycles. The van der Waals surface area contributed by atoms with Crippen molar-refractivity contribution >= 4 is 0 Å². The summed E-state index contributed by atoms with van der Waals surface area (Å²) in [5.41, 5.74) is 0.869. The van der Waals surface area contributed by atoms with Crippen molar-refractivity contribution in [2.75, 3.05) is 20.2 Å². The second kappa shape index (κ2) is 6.96. The van der Waals surface area contributed by atoms with Gasteiger partial charge < -0.3 is 19.7 Å². The van der Waals surface area contributed by atoms with Gasteiger partial charge in [-0.25, -0.2) is 4.39 Å². The standard InChI is InChI=1S/C31H34FNO4/c1-28(26(35)19-5-8-21(32)9-6-19)17-29-11-12-31(28,36-2)27-30(29)13-14-33(16-18-3-4-18)23(29)15-20-7-10-22(34)25(37-27)24(20)30/h5-12,18,23,26-27,34-35H,3-4,13-17H2,1-2H3/t23?,26-,27-,28?,29?,30-,31-/m0/s1. The first-order chi connectivity index (χ1) is 17.8. The molecular weight excluding hydrogens is 469 g/mol. The van der Waals surface area contributed by atoms with E-state index in [4.69, 9.17) is 9.47 Å². The molecule has 2 aliphatic heterocycles. The summed E-state index contributed by atoms with van der Waals surface area (Å²) >= 11 is 0. The lowest BCUT2D eigenvalue weighted by Gasteiger charge is -2.74. The fraction of sp³-hybridized carbons (Fsp3) is 0.548. The fourth-order valence-electron chi connectivity index (χ4n) is 9.55. The normalized spacial score (nSPS) is 41.4. The zero-order chi connectivity index (χ0) is 25.4. The number of phenols is 1. The first-order valence-electron chi connectivity index (χ1n) is 13.7. The summed E-state index contributed by atoms with van der Waals surface area (Å²) in [7, 11) is 1.71. The number of aromatic hydroxyl groups is 1. The van der Waals surface area contributed by atoms with Crippen LogP contribution in [0.5, 0.6) is 11.5 Å². The molecule has 5 nitrogen and oxygen atoms in total. The predicted molar refractivity (Wildman–Crippen MR) is 136 cm³/mol. The van der Waals surface area contributed by atoms with E-state index in [2.05, 4.69) is 30.0 Å². The molecule has 7 aliphatic rings. The van der Waals surface area contributed by atoms with Gasteiger partial charge in [0.15, 0.2) is 11.5 Å². The molecule has 0 radical (unpaired) electrons. The number of likely N-dealkylation sites (tertiary alicyclic amines) is 1. The van der Waals surface area contributed by atoms with Gasteiger partial charge in [-0.1, -0.05) is 37.3 Å². The van der Waals surface area contributed by atoms with Gasteiger partial charge >= 0.3 is 0 Å². The van der Waals surface area contributed by atoms with E-state index in [1.165, 1.54) is 36.1 Å². The summed E-state index contributed by atoms with van der Waals surface area (Å²) in [6.45, 7) is 4.24. The van der Waals surface area contributed by atoms with Gasteiger partial charge in [0.05, 0.1) is 11.5 Å². The SMILES string of the molecule is CO[C@]12C=CC3(CC1(C)[C@@H](O)c1ccc(F)cc1)C1Cc4ccc(O)c5c4[C@@]3(CCN1CC1CC1)[C@@H]2O5. The van der Waals surface area contributed by atoms with Crippen molar-refractivity contribution in [3.05, 3.63) is 71.1 Å². The van der Waals surface area contributed by atoms with Crippen molar-refractivity contribution in [3.63, 3.8) is 0 Å². The lowest BCUT2D eigenvalue weighted by molar-refractivity contribution is -0.270. The quantitative estimate of drug-likeness (QED) is 0.582. The van der Waals surface area contributed by atoms with Gasteiger partial charge in [0.1, 0.15) is 17.5 Å². The van der Waals surface area contributed by atoms with Crippen molar-refractivity contribution in [2.45, 2.75) is 68.3 Å². The second-order valence-corrected chi connectivity index (χ2v) is 12.7. The molecule has 2 N–H and O–H groups in total. The number of ether oxygens (including phenoxy) is 2. The molecule has 2 saturated carbocycles. The highest BCUT2D eigenvalue weighted by molar-refractivity contribution is 5.65. The number of halogens is 1. The molecule has 7 atom stereocenters. The van der Waals surface area contributed by atoms with Crippen LogP contribution < -0.4 is 4.74 Å². The maximum absolute atomic E-state index is 13.8. The van der Waals surface area contributed by atoms with Crippen LogP contribution in [0, 0.1) is 22.6 Å². The third kappa shape index (κ3) is 2.42. The number of rotatable bonds is 5. The molecule has 4 bridgehead atoms. The molecule has 6 heteroatoms. The largest absolute Gasteiger partial charge is 0.504 e. The third-order valence-corrected chi connectivity index (χ3v) is 11.3. The van der Waals surface area contributed by atoms with Crippen LogP contribution in [0.15, 0.2) is 48.6 Å². The number of benzene rings is 2. The number of phenolic OH excluding ortho intramolecular Hbond substituents is 1. The Balaban J connectivity index is 1.37. The van der Waals surface area contributed by atoms with Gasteiger partial charge in [-0.05, 0) is 73.9 Å². The Labute approximate surface area is 216 Å². The van der Waals surface area contributed by atoms with Crippen molar-refractivity contribution in [1.29, 1.82) is 0 Å². The van der Waals surface area contributed by atoms with Gasteiger partial charge in [0.25, 0.3) is 0 Å². The number of aliphatic hydroxyl groups is 1. The molecule has 0 aromatic heterocycles. The number of nitrogens with zero attached hydrogens (tertiary/aromatic N) is 1. The van der Waals surface area contributed by atoms with E-state index in [1.807, 2.05) is 0 Å². The van der Waals surface area contributed by atoms with Crippen LogP contribution >= 0.6 is 0 Å². The maximum atomic E-state index is 13.8. The molecule has 3 unspecified atom stereocenters. The van der Waals surface area contributed by atoms with Crippen molar-refractivity contribution < 1.29 is 24.1 Å². The first kappa shape index (κ1) is 22.6. The van der Waals surface area contributed by atoms with Gasteiger partial charge in [-0.15, -0.1) is 0 Å². The van der Waals surface area contributed by atoms with E-state index in [9.17, 15) is 14.6 Å². The minimum atomic E-state index is -0.925. The molecule has 2 heterocycles. The highest BCUT2D eigenvalue weighted by Crippen LogP contribution is 2.78. The Hall–Kier alpha value is -2.41. The monoisotopic (exact) mass is 503 g/mol. The molecule has 0 amide bonds. The van der Waals surface area contributed by atoms with Crippen LogP contribution in [-0.4, -0.2) is 53.1 Å². The third-order valence-electron chi connectivity index (χ3n) is 11.3. The molecule has 3 fully saturated rings. The summed E-state index contributed by atoms with van der Waals surface area (Å²) in [6, 6.07) is 10.4. The van der Waals surface area contributed by atoms with E-state index < -0.39 is 17.1 Å². The number of piperidine rings is 1. The molecule has 2 spiro atoms. The van der Waals surface area contributed by atoms with E-state index in [0.717, 1.165) is 38.3 Å². The van der Waals surface area contributed by atoms with E-state index >= 15 is 0 Å². The molecular formula is C31H34FNO4. The summed E-state index contributed by atoms with van der Waals surface area (Å²) < 4.78 is 27.1. The molecule has 9 rings (SSSR count). The second-order valence-electron chi connectivity index (χ2n) is 12.7. The minimum absolute atomic E-state index is 0.183. The van der Waals surface area contributed by atoms with Crippen molar-refractivity contribution in [3.8, 4) is 11.5 Å². The van der Waals surface area contributed by atoms with Crippen molar-refractivity contribution in [2.24, 2.45) is 16.7 Å². The first-order valence-corrected chi connectivity index (χ1v) is 13.7. The molecule has 1 saturated heterocycles. The molecule has 194 valence electrons. The van der Waals surface area contributed by atoms with E-state index in [0.29, 0.717) is 11.3 Å². The van der Waals surface area contributed by atoms with E-state index in [1.54, 1.807) is 25.3 Å². The number of hydrogen-bond donors (Lipinski definition) is 2. The van der Waals surface area contributed by atoms with E-state index in [-0.39, 0.29) is 34.5 Å². The van der Waals surface area contributed by atoms with Crippen LogP contribution in [0.25, 0.3) is 0 Å². The van der Waals surface area contributed by atoms with Gasteiger partial charge in [0.2, 0.25) is 0 Å². The highest BCUT2D eigenvalue weighted by Gasteiger charge is 2.82. The Morgan fingerprint density at radius 1 is 1.16 bits per heavy atom. The van der Waals surface area contributed by atoms with Crippen LogP contribution in [-0.2, 0) is 16.6 Å². The van der Waals surface area contributed by atoms with Crippen LogP contribution in [0.2, 0.25) is 0 Å². The Morgan fingerprint density at radius 3 is 2.68 bits per heavy atom. The zero-order valence-electron chi connectivity index (χ0n) is 21.4. The number of fused-ring (bicyclic) bond motifs is 1.